The zero-order chi connectivity index (χ0) is 20.6. The minimum atomic E-state index is 0.323. The van der Waals surface area contributed by atoms with Crippen molar-refractivity contribution in [3.05, 3.63) is 83.0 Å². The molecule has 0 aliphatic heterocycles. The molecule has 0 radical (unpaired) electrons. The summed E-state index contributed by atoms with van der Waals surface area (Å²) < 4.78 is 11.5. The van der Waals surface area contributed by atoms with Gasteiger partial charge in [-0.3, -0.25) is 15.7 Å². The minimum absolute atomic E-state index is 0.323. The molecule has 0 spiro atoms. The Morgan fingerprint density at radius 1 is 1.07 bits per heavy atom. The van der Waals surface area contributed by atoms with Gasteiger partial charge in [0.2, 0.25) is 5.88 Å². The van der Waals surface area contributed by atoms with Gasteiger partial charge in [0.15, 0.2) is 5.84 Å². The van der Waals surface area contributed by atoms with Crippen LogP contribution in [0.5, 0.6) is 17.4 Å². The minimum Gasteiger partial charge on any atom is -0.494 e. The zero-order valence-electron chi connectivity index (χ0n) is 16.8. The van der Waals surface area contributed by atoms with E-state index in [9.17, 15) is 5.21 Å². The van der Waals surface area contributed by atoms with Gasteiger partial charge in [-0.15, -0.1) is 0 Å². The number of hydroxylamine groups is 1. The Morgan fingerprint density at radius 3 is 2.66 bits per heavy atom. The fourth-order valence-electron chi connectivity index (χ4n) is 2.93. The Labute approximate surface area is 170 Å². The molecule has 6 nitrogen and oxygen atoms in total. The van der Waals surface area contributed by atoms with Crippen LogP contribution in [0.3, 0.4) is 0 Å². The van der Waals surface area contributed by atoms with Gasteiger partial charge in [0.25, 0.3) is 0 Å². The highest BCUT2D eigenvalue weighted by Crippen LogP contribution is 2.25. The van der Waals surface area contributed by atoms with Gasteiger partial charge in [-0.25, -0.2) is 4.98 Å². The summed E-state index contributed by atoms with van der Waals surface area (Å²) in [4.78, 5) is 8.76. The van der Waals surface area contributed by atoms with E-state index in [-0.39, 0.29) is 0 Å². The van der Waals surface area contributed by atoms with Crippen LogP contribution < -0.4 is 15.0 Å². The zero-order valence-corrected chi connectivity index (χ0v) is 16.8. The first-order valence-corrected chi connectivity index (χ1v) is 9.47. The lowest BCUT2D eigenvalue weighted by atomic mass is 10.1. The van der Waals surface area contributed by atoms with Crippen LogP contribution >= 0.6 is 0 Å². The normalized spacial score (nSPS) is 11.2. The van der Waals surface area contributed by atoms with Gasteiger partial charge in [-0.2, -0.15) is 0 Å². The number of aliphatic imine (C=N–C) groups is 1. The molecule has 2 aromatic carbocycles. The number of nitrogens with one attached hydrogen (secondary N) is 1. The van der Waals surface area contributed by atoms with Crippen LogP contribution in [-0.4, -0.2) is 22.6 Å². The topological polar surface area (TPSA) is 76.0 Å². The number of pyridine rings is 1. The van der Waals surface area contributed by atoms with Crippen LogP contribution in [0.25, 0.3) is 0 Å². The molecule has 1 heterocycles. The van der Waals surface area contributed by atoms with Crippen LogP contribution in [0.2, 0.25) is 0 Å². The number of rotatable bonds is 7. The summed E-state index contributed by atoms with van der Waals surface area (Å²) in [5.74, 6) is 2.27. The SMILES string of the molecule is CCOc1ccccc1CN=C(NO)c1ccnc(Oc2ccc(C)cc2C)c1. The number of ether oxygens (including phenoxy) is 2. The molecule has 3 aromatic rings. The molecule has 0 amide bonds. The van der Waals surface area contributed by atoms with Crippen molar-refractivity contribution >= 4 is 5.84 Å². The molecular formula is C23H25N3O3. The van der Waals surface area contributed by atoms with Gasteiger partial charge in [0.05, 0.1) is 13.2 Å². The number of aryl methyl sites for hydroxylation is 2. The van der Waals surface area contributed by atoms with Crippen LogP contribution in [0.15, 0.2) is 65.8 Å². The van der Waals surface area contributed by atoms with Crippen molar-refractivity contribution in [3.8, 4) is 17.4 Å². The number of amidine groups is 1. The molecular weight excluding hydrogens is 366 g/mol. The second-order valence-corrected chi connectivity index (χ2v) is 6.57. The van der Waals surface area contributed by atoms with Crippen LogP contribution in [0, 0.1) is 13.8 Å². The first kappa shape index (κ1) is 20.4. The molecule has 3 rings (SSSR count). The summed E-state index contributed by atoms with van der Waals surface area (Å²) in [6, 6.07) is 17.2. The number of hydrogen-bond acceptors (Lipinski definition) is 5. The van der Waals surface area contributed by atoms with Crippen LogP contribution in [0.4, 0.5) is 0 Å². The second kappa shape index (κ2) is 9.71. The van der Waals surface area contributed by atoms with E-state index in [1.54, 1.807) is 18.3 Å². The fourth-order valence-corrected chi connectivity index (χ4v) is 2.93. The summed E-state index contributed by atoms with van der Waals surface area (Å²) in [5.41, 5.74) is 5.97. The molecule has 0 bridgehead atoms. The van der Waals surface area contributed by atoms with Crippen molar-refractivity contribution in [1.29, 1.82) is 0 Å². The van der Waals surface area contributed by atoms with Gasteiger partial charge in [0, 0.05) is 23.4 Å². The van der Waals surface area contributed by atoms with Gasteiger partial charge in [-0.1, -0.05) is 35.9 Å². The summed E-state index contributed by atoms with van der Waals surface area (Å²) in [7, 11) is 0. The lowest BCUT2D eigenvalue weighted by Gasteiger charge is -2.11. The van der Waals surface area contributed by atoms with Crippen molar-refractivity contribution in [2.75, 3.05) is 6.61 Å². The predicted molar refractivity (Wildman–Crippen MR) is 113 cm³/mol. The van der Waals surface area contributed by atoms with Crippen LogP contribution in [0.1, 0.15) is 29.2 Å². The quantitative estimate of drug-likeness (QED) is 0.343. The van der Waals surface area contributed by atoms with Crippen molar-refractivity contribution in [3.63, 3.8) is 0 Å². The highest BCUT2D eigenvalue weighted by molar-refractivity contribution is 5.98. The van der Waals surface area contributed by atoms with E-state index in [4.69, 9.17) is 9.47 Å². The number of benzene rings is 2. The molecule has 0 saturated carbocycles. The van der Waals surface area contributed by atoms with Gasteiger partial charge in [0.1, 0.15) is 11.5 Å². The summed E-state index contributed by atoms with van der Waals surface area (Å²) in [5, 5.41) is 9.61. The monoisotopic (exact) mass is 391 g/mol. The van der Waals surface area contributed by atoms with Crippen molar-refractivity contribution in [2.45, 2.75) is 27.3 Å². The van der Waals surface area contributed by atoms with Crippen LogP contribution in [-0.2, 0) is 6.54 Å². The maximum Gasteiger partial charge on any atom is 0.219 e. The Bertz CT molecular complexity index is 1000. The average Bonchev–Trinajstić information content (AvgIpc) is 2.72. The molecule has 2 N–H and O–H groups in total. The van der Waals surface area contributed by atoms with E-state index >= 15 is 0 Å². The van der Waals surface area contributed by atoms with E-state index in [0.29, 0.717) is 30.4 Å². The van der Waals surface area contributed by atoms with Crippen molar-refractivity contribution in [1.82, 2.24) is 10.5 Å². The predicted octanol–water partition coefficient (Wildman–Crippen LogP) is 4.82. The molecule has 6 heteroatoms. The van der Waals surface area contributed by atoms with Crippen molar-refractivity contribution in [2.24, 2.45) is 4.99 Å². The third-order valence-electron chi connectivity index (χ3n) is 4.34. The largest absolute Gasteiger partial charge is 0.494 e. The fraction of sp³-hybridized carbons (Fsp3) is 0.217. The highest BCUT2D eigenvalue weighted by Gasteiger charge is 2.09. The van der Waals surface area contributed by atoms with E-state index in [1.807, 2.05) is 57.2 Å². The lowest BCUT2D eigenvalue weighted by Crippen LogP contribution is -2.20. The maximum atomic E-state index is 9.61. The average molecular weight is 391 g/mol. The third-order valence-corrected chi connectivity index (χ3v) is 4.34. The standard InChI is InChI=1S/C23H25N3O3/c1-4-28-21-8-6-5-7-19(21)15-25-23(26-27)18-11-12-24-22(14-18)29-20-10-9-16(2)13-17(20)3/h5-14,27H,4,15H2,1-3H3,(H,25,26). The van der Waals surface area contributed by atoms with E-state index in [0.717, 1.165) is 22.6 Å². The molecule has 150 valence electrons. The summed E-state index contributed by atoms with van der Waals surface area (Å²) >= 11 is 0. The van der Waals surface area contributed by atoms with E-state index in [2.05, 4.69) is 21.5 Å². The number of nitrogens with zero attached hydrogens (tertiary/aromatic N) is 2. The second-order valence-electron chi connectivity index (χ2n) is 6.57. The first-order chi connectivity index (χ1) is 14.1. The molecule has 0 fully saturated rings. The Hall–Kier alpha value is -3.38. The van der Waals surface area contributed by atoms with Crippen molar-refractivity contribution < 1.29 is 14.7 Å². The Balaban J connectivity index is 1.81. The van der Waals surface area contributed by atoms with E-state index < -0.39 is 0 Å². The molecule has 1 aromatic heterocycles. The molecule has 0 aliphatic carbocycles. The molecule has 0 aliphatic rings. The molecule has 0 saturated heterocycles. The smallest absolute Gasteiger partial charge is 0.219 e. The third kappa shape index (κ3) is 5.33. The first-order valence-electron chi connectivity index (χ1n) is 9.47. The number of aromatic nitrogens is 1. The molecule has 0 unspecified atom stereocenters. The molecule has 29 heavy (non-hydrogen) atoms. The lowest BCUT2D eigenvalue weighted by molar-refractivity contribution is 0.234. The number of para-hydroxylation sites is 1. The highest BCUT2D eigenvalue weighted by atomic mass is 16.5. The van der Waals surface area contributed by atoms with Gasteiger partial charge in [-0.05, 0) is 44.5 Å². The van der Waals surface area contributed by atoms with Gasteiger partial charge < -0.3 is 9.47 Å². The molecule has 0 atom stereocenters. The summed E-state index contributed by atoms with van der Waals surface area (Å²) in [6.45, 7) is 6.90. The van der Waals surface area contributed by atoms with E-state index in [1.165, 1.54) is 5.56 Å². The van der Waals surface area contributed by atoms with Gasteiger partial charge >= 0.3 is 0 Å². The maximum absolute atomic E-state index is 9.61. The Morgan fingerprint density at radius 2 is 1.90 bits per heavy atom. The Kier molecular flexibility index (Phi) is 6.81. The number of hydrogen-bond donors (Lipinski definition) is 2. The summed E-state index contributed by atoms with van der Waals surface area (Å²) in [6.07, 6.45) is 1.62.